The number of ether oxygens (including phenoxy) is 1. The zero-order valence-corrected chi connectivity index (χ0v) is 12.9. The molecule has 1 aliphatic rings. The first-order valence-electron chi connectivity index (χ1n) is 7.60. The van der Waals surface area contributed by atoms with Gasteiger partial charge in [0.05, 0.1) is 6.61 Å². The molecule has 0 aliphatic carbocycles. The number of nitrogens with one attached hydrogen (secondary N) is 1. The van der Waals surface area contributed by atoms with E-state index in [1.165, 1.54) is 25.8 Å². The Morgan fingerprint density at radius 1 is 1.33 bits per heavy atom. The Morgan fingerprint density at radius 3 is 2.56 bits per heavy atom. The summed E-state index contributed by atoms with van der Waals surface area (Å²) in [4.78, 5) is 2.69. The SMILES string of the molecule is CCC1CNC(CC(C)C)CN1C(CC)COC. The number of hydrogen-bond donors (Lipinski definition) is 1. The number of nitrogens with zero attached hydrogens (tertiary/aromatic N) is 1. The molecule has 108 valence electrons. The molecule has 0 bridgehead atoms. The van der Waals surface area contributed by atoms with Gasteiger partial charge in [-0.1, -0.05) is 27.7 Å². The van der Waals surface area contributed by atoms with Gasteiger partial charge in [-0.25, -0.2) is 0 Å². The Hall–Kier alpha value is -0.120. The highest BCUT2D eigenvalue weighted by atomic mass is 16.5. The average Bonchev–Trinajstić information content (AvgIpc) is 2.35. The van der Waals surface area contributed by atoms with Crippen molar-refractivity contribution in [3.8, 4) is 0 Å². The number of piperazine rings is 1. The van der Waals surface area contributed by atoms with E-state index in [-0.39, 0.29) is 0 Å². The van der Waals surface area contributed by atoms with E-state index in [1.807, 2.05) is 7.11 Å². The second-order valence-electron chi connectivity index (χ2n) is 6.01. The van der Waals surface area contributed by atoms with E-state index >= 15 is 0 Å². The molecular formula is C15H32N2O. The Labute approximate surface area is 113 Å². The maximum absolute atomic E-state index is 5.40. The van der Waals surface area contributed by atoms with Crippen LogP contribution in [0.2, 0.25) is 0 Å². The molecule has 0 aromatic carbocycles. The zero-order chi connectivity index (χ0) is 13.5. The second-order valence-corrected chi connectivity index (χ2v) is 6.01. The fourth-order valence-corrected chi connectivity index (χ4v) is 3.08. The molecule has 1 saturated heterocycles. The largest absolute Gasteiger partial charge is 0.383 e. The van der Waals surface area contributed by atoms with Crippen LogP contribution in [0, 0.1) is 5.92 Å². The van der Waals surface area contributed by atoms with Crippen LogP contribution in [0.4, 0.5) is 0 Å². The molecule has 3 nitrogen and oxygen atoms in total. The summed E-state index contributed by atoms with van der Waals surface area (Å²) in [5, 5.41) is 3.72. The molecule has 3 unspecified atom stereocenters. The molecule has 3 atom stereocenters. The summed E-state index contributed by atoms with van der Waals surface area (Å²) in [6.07, 6.45) is 3.68. The lowest BCUT2D eigenvalue weighted by molar-refractivity contribution is 0.0271. The van der Waals surface area contributed by atoms with Crippen molar-refractivity contribution in [1.82, 2.24) is 10.2 Å². The first kappa shape index (κ1) is 15.9. The van der Waals surface area contributed by atoms with Gasteiger partial charge in [-0.15, -0.1) is 0 Å². The summed E-state index contributed by atoms with van der Waals surface area (Å²) >= 11 is 0. The Morgan fingerprint density at radius 2 is 2.06 bits per heavy atom. The topological polar surface area (TPSA) is 24.5 Å². The van der Waals surface area contributed by atoms with Gasteiger partial charge in [0.1, 0.15) is 0 Å². The fourth-order valence-electron chi connectivity index (χ4n) is 3.08. The third-order valence-corrected chi connectivity index (χ3v) is 4.07. The molecular weight excluding hydrogens is 224 g/mol. The molecule has 0 saturated carbocycles. The van der Waals surface area contributed by atoms with Gasteiger partial charge in [0.2, 0.25) is 0 Å². The van der Waals surface area contributed by atoms with E-state index in [2.05, 4.69) is 37.9 Å². The minimum absolute atomic E-state index is 0.580. The van der Waals surface area contributed by atoms with Crippen LogP contribution in [0.15, 0.2) is 0 Å². The van der Waals surface area contributed by atoms with Crippen LogP contribution < -0.4 is 5.32 Å². The standard InChI is InChI=1S/C15H32N2O/c1-6-14-9-16-13(8-12(3)4)10-17(14)15(7-2)11-18-5/h12-16H,6-11H2,1-5H3. The normalized spacial score (nSPS) is 27.7. The summed E-state index contributed by atoms with van der Waals surface area (Å²) in [6, 6.07) is 1.91. The third kappa shape index (κ3) is 4.52. The summed E-state index contributed by atoms with van der Waals surface area (Å²) in [5.41, 5.74) is 0. The minimum Gasteiger partial charge on any atom is -0.383 e. The van der Waals surface area contributed by atoms with E-state index < -0.39 is 0 Å². The van der Waals surface area contributed by atoms with Gasteiger partial charge in [0.15, 0.2) is 0 Å². The van der Waals surface area contributed by atoms with Crippen molar-refractivity contribution in [2.75, 3.05) is 26.8 Å². The Balaban J connectivity index is 2.62. The molecule has 1 rings (SSSR count). The lowest BCUT2D eigenvalue weighted by Gasteiger charge is -2.44. The van der Waals surface area contributed by atoms with Crippen LogP contribution in [-0.2, 0) is 4.74 Å². The first-order chi connectivity index (χ1) is 8.62. The van der Waals surface area contributed by atoms with Gasteiger partial charge < -0.3 is 10.1 Å². The predicted molar refractivity (Wildman–Crippen MR) is 78.0 cm³/mol. The van der Waals surface area contributed by atoms with Crippen molar-refractivity contribution in [3.05, 3.63) is 0 Å². The van der Waals surface area contributed by atoms with Crippen LogP contribution in [0.1, 0.15) is 47.0 Å². The van der Waals surface area contributed by atoms with Gasteiger partial charge in [-0.2, -0.15) is 0 Å². The first-order valence-corrected chi connectivity index (χ1v) is 7.60. The summed E-state index contributed by atoms with van der Waals surface area (Å²) < 4.78 is 5.40. The van der Waals surface area contributed by atoms with E-state index in [1.54, 1.807) is 0 Å². The number of methoxy groups -OCH3 is 1. The zero-order valence-electron chi connectivity index (χ0n) is 12.9. The summed E-state index contributed by atoms with van der Waals surface area (Å²) in [6.45, 7) is 12.4. The molecule has 0 aromatic rings. The average molecular weight is 256 g/mol. The van der Waals surface area contributed by atoms with Gasteiger partial charge in [0.25, 0.3) is 0 Å². The van der Waals surface area contributed by atoms with E-state index in [9.17, 15) is 0 Å². The maximum atomic E-state index is 5.40. The Kier molecular flexibility index (Phi) is 7.20. The molecule has 0 radical (unpaired) electrons. The summed E-state index contributed by atoms with van der Waals surface area (Å²) in [5.74, 6) is 0.769. The molecule has 1 aliphatic heterocycles. The van der Waals surface area contributed by atoms with Crippen molar-refractivity contribution in [1.29, 1.82) is 0 Å². The lowest BCUT2D eigenvalue weighted by atomic mass is 9.97. The van der Waals surface area contributed by atoms with Gasteiger partial charge >= 0.3 is 0 Å². The highest BCUT2D eigenvalue weighted by molar-refractivity contribution is 4.89. The highest BCUT2D eigenvalue weighted by Crippen LogP contribution is 2.19. The predicted octanol–water partition coefficient (Wildman–Crippen LogP) is 2.51. The fraction of sp³-hybridized carbons (Fsp3) is 1.00. The molecule has 1 fully saturated rings. The molecule has 1 heterocycles. The monoisotopic (exact) mass is 256 g/mol. The van der Waals surface area contributed by atoms with E-state index in [4.69, 9.17) is 4.74 Å². The van der Waals surface area contributed by atoms with Crippen LogP contribution in [0.25, 0.3) is 0 Å². The Bertz CT molecular complexity index is 221. The van der Waals surface area contributed by atoms with Crippen molar-refractivity contribution in [2.45, 2.75) is 65.1 Å². The van der Waals surface area contributed by atoms with Crippen LogP contribution in [-0.4, -0.2) is 49.8 Å². The quantitative estimate of drug-likeness (QED) is 0.757. The summed E-state index contributed by atoms with van der Waals surface area (Å²) in [7, 11) is 1.82. The smallest absolute Gasteiger partial charge is 0.0618 e. The van der Waals surface area contributed by atoms with Crippen molar-refractivity contribution in [2.24, 2.45) is 5.92 Å². The molecule has 18 heavy (non-hydrogen) atoms. The van der Waals surface area contributed by atoms with Crippen molar-refractivity contribution in [3.63, 3.8) is 0 Å². The van der Waals surface area contributed by atoms with Crippen LogP contribution in [0.5, 0.6) is 0 Å². The van der Waals surface area contributed by atoms with E-state index in [0.717, 1.165) is 19.1 Å². The van der Waals surface area contributed by atoms with Crippen LogP contribution in [0.3, 0.4) is 0 Å². The molecule has 1 N–H and O–H groups in total. The lowest BCUT2D eigenvalue weighted by Crippen LogP contribution is -2.60. The van der Waals surface area contributed by atoms with Crippen LogP contribution >= 0.6 is 0 Å². The highest BCUT2D eigenvalue weighted by Gasteiger charge is 2.31. The molecule has 0 amide bonds. The third-order valence-electron chi connectivity index (χ3n) is 4.07. The molecule has 0 aromatic heterocycles. The second kappa shape index (κ2) is 8.13. The van der Waals surface area contributed by atoms with Crippen molar-refractivity contribution < 1.29 is 4.74 Å². The van der Waals surface area contributed by atoms with Gasteiger partial charge in [-0.3, -0.25) is 4.90 Å². The molecule has 0 spiro atoms. The number of hydrogen-bond acceptors (Lipinski definition) is 3. The van der Waals surface area contributed by atoms with Gasteiger partial charge in [-0.05, 0) is 25.2 Å². The number of rotatable bonds is 7. The van der Waals surface area contributed by atoms with E-state index in [0.29, 0.717) is 18.1 Å². The molecule has 3 heteroatoms. The maximum Gasteiger partial charge on any atom is 0.0618 e. The minimum atomic E-state index is 0.580. The van der Waals surface area contributed by atoms with Crippen molar-refractivity contribution >= 4 is 0 Å². The van der Waals surface area contributed by atoms with Gasteiger partial charge in [0, 0.05) is 38.3 Å².